The molecule has 0 aromatic carbocycles. The van der Waals surface area contributed by atoms with Crippen LogP contribution in [0, 0.1) is 0 Å². The van der Waals surface area contributed by atoms with Crippen LogP contribution in [-0.2, 0) is 4.79 Å². The van der Waals surface area contributed by atoms with Gasteiger partial charge in [-0.2, -0.15) is 0 Å². The normalized spacial score (nSPS) is 10.1. The van der Waals surface area contributed by atoms with E-state index in [4.69, 9.17) is 0 Å². The monoisotopic (exact) mass is 112 g/mol. The first kappa shape index (κ1) is 7.41. The van der Waals surface area contributed by atoms with Crippen molar-refractivity contribution in [3.8, 4) is 0 Å². The third kappa shape index (κ3) is 5.41. The fourth-order valence-corrected chi connectivity index (χ4v) is 0.486. The van der Waals surface area contributed by atoms with Gasteiger partial charge in [-0.1, -0.05) is 12.2 Å². The molecule has 0 spiro atoms. The number of aldehydes is 1. The van der Waals surface area contributed by atoms with Crippen LogP contribution in [0.5, 0.6) is 0 Å². The second-order valence-corrected chi connectivity index (χ2v) is 1.67. The third-order valence-corrected chi connectivity index (χ3v) is 0.928. The van der Waals surface area contributed by atoms with E-state index in [9.17, 15) is 4.79 Å². The van der Waals surface area contributed by atoms with Crippen molar-refractivity contribution < 1.29 is 4.79 Å². The van der Waals surface area contributed by atoms with Gasteiger partial charge in [0.15, 0.2) is 0 Å². The Bertz CT molecular complexity index is 74.5. The summed E-state index contributed by atoms with van der Waals surface area (Å²) >= 11 is 0. The number of carbonyl (C=O) groups excluding carboxylic acids is 1. The van der Waals surface area contributed by atoms with Crippen molar-refractivity contribution in [2.45, 2.75) is 26.2 Å². The SMILES string of the molecule is CC=CCCCC=O. The standard InChI is InChI=1S/C7H12O/c1-2-3-4-5-6-7-8/h2-3,7H,4-6H2,1H3. The summed E-state index contributed by atoms with van der Waals surface area (Å²) in [6.07, 6.45) is 7.77. The van der Waals surface area contributed by atoms with E-state index in [2.05, 4.69) is 6.08 Å². The zero-order valence-electron chi connectivity index (χ0n) is 5.26. The summed E-state index contributed by atoms with van der Waals surface area (Å²) in [6, 6.07) is 0. The van der Waals surface area contributed by atoms with Crippen molar-refractivity contribution in [3.63, 3.8) is 0 Å². The molecular weight excluding hydrogens is 100 g/mol. The smallest absolute Gasteiger partial charge is 0.120 e. The molecule has 1 nitrogen and oxygen atoms in total. The summed E-state index contributed by atoms with van der Waals surface area (Å²) in [4.78, 5) is 9.74. The van der Waals surface area contributed by atoms with Gasteiger partial charge < -0.3 is 4.79 Å². The van der Waals surface area contributed by atoms with Crippen LogP contribution >= 0.6 is 0 Å². The molecule has 8 heavy (non-hydrogen) atoms. The first-order chi connectivity index (χ1) is 3.91. The van der Waals surface area contributed by atoms with Gasteiger partial charge in [0.2, 0.25) is 0 Å². The van der Waals surface area contributed by atoms with E-state index in [1.807, 2.05) is 13.0 Å². The zero-order chi connectivity index (χ0) is 6.24. The lowest BCUT2D eigenvalue weighted by Crippen LogP contribution is -1.72. The van der Waals surface area contributed by atoms with E-state index >= 15 is 0 Å². The summed E-state index contributed by atoms with van der Waals surface area (Å²) in [5.74, 6) is 0. The minimum atomic E-state index is 0.699. The van der Waals surface area contributed by atoms with E-state index in [0.717, 1.165) is 19.1 Å². The molecule has 0 aliphatic heterocycles. The van der Waals surface area contributed by atoms with Crippen molar-refractivity contribution >= 4 is 6.29 Å². The molecule has 0 aliphatic rings. The molecule has 46 valence electrons. The van der Waals surface area contributed by atoms with Gasteiger partial charge >= 0.3 is 0 Å². The van der Waals surface area contributed by atoms with Gasteiger partial charge in [0, 0.05) is 6.42 Å². The first-order valence-electron chi connectivity index (χ1n) is 2.96. The zero-order valence-corrected chi connectivity index (χ0v) is 5.26. The largest absolute Gasteiger partial charge is 0.303 e. The highest BCUT2D eigenvalue weighted by atomic mass is 16.1. The Morgan fingerprint density at radius 2 is 2.12 bits per heavy atom. The molecule has 0 heterocycles. The summed E-state index contributed by atoms with van der Waals surface area (Å²) in [5, 5.41) is 0. The van der Waals surface area contributed by atoms with Gasteiger partial charge in [-0.25, -0.2) is 0 Å². The number of unbranched alkanes of at least 4 members (excludes halogenated alkanes) is 2. The number of carbonyl (C=O) groups is 1. The van der Waals surface area contributed by atoms with Crippen LogP contribution in [0.1, 0.15) is 26.2 Å². The van der Waals surface area contributed by atoms with Crippen LogP contribution in [-0.4, -0.2) is 6.29 Å². The van der Waals surface area contributed by atoms with Crippen molar-refractivity contribution in [1.82, 2.24) is 0 Å². The molecule has 0 saturated carbocycles. The highest BCUT2D eigenvalue weighted by Crippen LogP contribution is 1.92. The summed E-state index contributed by atoms with van der Waals surface area (Å²) in [5.41, 5.74) is 0. The predicted octanol–water partition coefficient (Wildman–Crippen LogP) is 1.93. The van der Waals surface area contributed by atoms with Crippen LogP contribution in [0.2, 0.25) is 0 Å². The van der Waals surface area contributed by atoms with Crippen LogP contribution in [0.25, 0.3) is 0 Å². The van der Waals surface area contributed by atoms with Gasteiger partial charge in [0.1, 0.15) is 6.29 Å². The summed E-state index contributed by atoms with van der Waals surface area (Å²) < 4.78 is 0. The second kappa shape index (κ2) is 6.41. The third-order valence-electron chi connectivity index (χ3n) is 0.928. The number of allylic oxidation sites excluding steroid dienone is 2. The van der Waals surface area contributed by atoms with Gasteiger partial charge in [-0.05, 0) is 19.8 Å². The summed E-state index contributed by atoms with van der Waals surface area (Å²) in [7, 11) is 0. The quantitative estimate of drug-likeness (QED) is 0.308. The maximum absolute atomic E-state index is 9.74. The van der Waals surface area contributed by atoms with Crippen molar-refractivity contribution in [2.75, 3.05) is 0 Å². The minimum absolute atomic E-state index is 0.699. The lowest BCUT2D eigenvalue weighted by atomic mass is 10.2. The van der Waals surface area contributed by atoms with E-state index < -0.39 is 0 Å². The molecule has 0 aromatic heterocycles. The predicted molar refractivity (Wildman–Crippen MR) is 34.7 cm³/mol. The van der Waals surface area contributed by atoms with Gasteiger partial charge in [-0.15, -0.1) is 0 Å². The van der Waals surface area contributed by atoms with Gasteiger partial charge in [-0.3, -0.25) is 0 Å². The average Bonchev–Trinajstić information content (AvgIpc) is 1.81. The molecule has 0 atom stereocenters. The van der Waals surface area contributed by atoms with E-state index in [0.29, 0.717) is 6.42 Å². The van der Waals surface area contributed by atoms with E-state index in [1.165, 1.54) is 0 Å². The van der Waals surface area contributed by atoms with Crippen LogP contribution in [0.3, 0.4) is 0 Å². The van der Waals surface area contributed by atoms with Gasteiger partial charge in [0.05, 0.1) is 0 Å². The molecule has 0 bridgehead atoms. The molecular formula is C7H12O. The number of hydrogen-bond donors (Lipinski definition) is 0. The fourth-order valence-electron chi connectivity index (χ4n) is 0.486. The fraction of sp³-hybridized carbons (Fsp3) is 0.571. The van der Waals surface area contributed by atoms with Gasteiger partial charge in [0.25, 0.3) is 0 Å². The number of rotatable bonds is 4. The molecule has 0 unspecified atom stereocenters. The van der Waals surface area contributed by atoms with Crippen LogP contribution < -0.4 is 0 Å². The topological polar surface area (TPSA) is 17.1 Å². The Balaban J connectivity index is 2.82. The number of hydrogen-bond acceptors (Lipinski definition) is 1. The highest BCUT2D eigenvalue weighted by molar-refractivity contribution is 5.48. The average molecular weight is 112 g/mol. The first-order valence-corrected chi connectivity index (χ1v) is 2.96. The molecule has 0 N–H and O–H groups in total. The lowest BCUT2D eigenvalue weighted by molar-refractivity contribution is -0.107. The maximum Gasteiger partial charge on any atom is 0.120 e. The van der Waals surface area contributed by atoms with Crippen molar-refractivity contribution in [3.05, 3.63) is 12.2 Å². The minimum Gasteiger partial charge on any atom is -0.303 e. The Labute approximate surface area is 50.4 Å². The molecule has 0 saturated heterocycles. The van der Waals surface area contributed by atoms with Crippen molar-refractivity contribution in [1.29, 1.82) is 0 Å². The lowest BCUT2D eigenvalue weighted by Gasteiger charge is -1.83. The van der Waals surface area contributed by atoms with E-state index in [1.54, 1.807) is 0 Å². The Morgan fingerprint density at radius 3 is 2.62 bits per heavy atom. The molecule has 0 aliphatic carbocycles. The Hall–Kier alpha value is -0.590. The molecule has 1 heteroatoms. The molecule has 0 fully saturated rings. The highest BCUT2D eigenvalue weighted by Gasteiger charge is 1.78. The van der Waals surface area contributed by atoms with Crippen LogP contribution in [0.15, 0.2) is 12.2 Å². The molecule has 0 aromatic rings. The van der Waals surface area contributed by atoms with E-state index in [-0.39, 0.29) is 0 Å². The van der Waals surface area contributed by atoms with Crippen molar-refractivity contribution in [2.24, 2.45) is 0 Å². The molecule has 0 rings (SSSR count). The molecule has 0 radical (unpaired) electrons. The molecule has 0 amide bonds. The Kier molecular flexibility index (Phi) is 5.94. The van der Waals surface area contributed by atoms with Crippen LogP contribution in [0.4, 0.5) is 0 Å². The second-order valence-electron chi connectivity index (χ2n) is 1.67. The Morgan fingerprint density at radius 1 is 1.38 bits per heavy atom. The maximum atomic E-state index is 9.74. The summed E-state index contributed by atoms with van der Waals surface area (Å²) in [6.45, 7) is 1.99.